The minimum atomic E-state index is 0.215. The predicted octanol–water partition coefficient (Wildman–Crippen LogP) is 3.28. The van der Waals surface area contributed by atoms with E-state index < -0.39 is 0 Å². The molecule has 0 bridgehead atoms. The highest BCUT2D eigenvalue weighted by Crippen LogP contribution is 2.30. The van der Waals surface area contributed by atoms with E-state index in [0.717, 1.165) is 18.7 Å². The van der Waals surface area contributed by atoms with E-state index >= 15 is 0 Å². The van der Waals surface area contributed by atoms with Gasteiger partial charge in [0.15, 0.2) is 0 Å². The van der Waals surface area contributed by atoms with Crippen molar-refractivity contribution < 1.29 is 4.79 Å². The number of alkyl halides is 1. The average molecular weight is 276 g/mol. The second-order valence-corrected chi connectivity index (χ2v) is 6.70. The first kappa shape index (κ1) is 13.5. The van der Waals surface area contributed by atoms with Crippen molar-refractivity contribution in [3.63, 3.8) is 0 Å². The zero-order valence-corrected chi connectivity index (χ0v) is 11.9. The van der Waals surface area contributed by atoms with Gasteiger partial charge in [-0.3, -0.25) is 4.79 Å². The zero-order valence-electron chi connectivity index (χ0n) is 10.4. The number of carbonyl (C=O) groups is 1. The van der Waals surface area contributed by atoms with E-state index in [0.29, 0.717) is 17.8 Å². The summed E-state index contributed by atoms with van der Waals surface area (Å²) in [5.41, 5.74) is 0. The van der Waals surface area contributed by atoms with Gasteiger partial charge in [0.25, 0.3) is 0 Å². The first-order valence-corrected chi connectivity index (χ1v) is 8.39. The van der Waals surface area contributed by atoms with Crippen molar-refractivity contribution in [2.75, 3.05) is 18.2 Å². The van der Waals surface area contributed by atoms with E-state index in [1.54, 1.807) is 0 Å². The van der Waals surface area contributed by atoms with E-state index in [-0.39, 0.29) is 5.25 Å². The second kappa shape index (κ2) is 6.89. The topological polar surface area (TPSA) is 20.3 Å². The maximum Gasteiger partial charge on any atom is 0.235 e. The van der Waals surface area contributed by atoms with Crippen molar-refractivity contribution in [3.05, 3.63) is 0 Å². The summed E-state index contributed by atoms with van der Waals surface area (Å²) in [5.74, 6) is 2.08. The fourth-order valence-electron chi connectivity index (χ4n) is 2.90. The quantitative estimate of drug-likeness (QED) is 0.734. The van der Waals surface area contributed by atoms with Crippen molar-refractivity contribution in [1.82, 2.24) is 4.90 Å². The van der Waals surface area contributed by atoms with Crippen molar-refractivity contribution in [2.24, 2.45) is 0 Å². The maximum atomic E-state index is 12.5. The van der Waals surface area contributed by atoms with Crippen LogP contribution in [0.3, 0.4) is 0 Å². The third-order valence-electron chi connectivity index (χ3n) is 3.83. The summed E-state index contributed by atoms with van der Waals surface area (Å²) in [6.45, 7) is 0.738. The van der Waals surface area contributed by atoms with Gasteiger partial charge in [-0.1, -0.05) is 19.3 Å². The number of hydrogen-bond donors (Lipinski definition) is 0. The van der Waals surface area contributed by atoms with Gasteiger partial charge in [0.2, 0.25) is 5.91 Å². The highest BCUT2D eigenvalue weighted by atomic mass is 35.5. The molecule has 1 aliphatic heterocycles. The molecule has 0 aromatic carbocycles. The number of rotatable bonds is 4. The monoisotopic (exact) mass is 275 g/mol. The number of carbonyl (C=O) groups excluding carboxylic acids is 1. The number of halogens is 1. The Balaban J connectivity index is 1.95. The summed E-state index contributed by atoms with van der Waals surface area (Å²) in [5, 5.41) is 0.215. The maximum absolute atomic E-state index is 12.5. The molecular formula is C13H22ClNOS. The van der Waals surface area contributed by atoms with Gasteiger partial charge in [-0.2, -0.15) is 0 Å². The molecule has 4 heteroatoms. The van der Waals surface area contributed by atoms with Crippen molar-refractivity contribution in [3.8, 4) is 0 Å². The van der Waals surface area contributed by atoms with Gasteiger partial charge in [-0.05, 0) is 31.4 Å². The van der Waals surface area contributed by atoms with Crippen LogP contribution in [0.25, 0.3) is 0 Å². The SMILES string of the molecule is O=C(C1CCCCS1)N(CCCl)C1CCCC1. The van der Waals surface area contributed by atoms with Gasteiger partial charge in [-0.15, -0.1) is 23.4 Å². The molecule has 17 heavy (non-hydrogen) atoms. The highest BCUT2D eigenvalue weighted by molar-refractivity contribution is 8.00. The number of nitrogens with zero attached hydrogens (tertiary/aromatic N) is 1. The molecule has 0 N–H and O–H groups in total. The van der Waals surface area contributed by atoms with Gasteiger partial charge in [0.1, 0.15) is 0 Å². The normalized spacial score (nSPS) is 26.1. The molecule has 2 aliphatic rings. The van der Waals surface area contributed by atoms with Crippen LogP contribution in [-0.2, 0) is 4.79 Å². The van der Waals surface area contributed by atoms with Crippen LogP contribution in [0.2, 0.25) is 0 Å². The molecular weight excluding hydrogens is 254 g/mol. The minimum absolute atomic E-state index is 0.215. The third-order valence-corrected chi connectivity index (χ3v) is 5.36. The van der Waals surface area contributed by atoms with Crippen LogP contribution < -0.4 is 0 Å². The molecule has 2 nitrogen and oxygen atoms in total. The van der Waals surface area contributed by atoms with E-state index in [9.17, 15) is 4.79 Å². The zero-order chi connectivity index (χ0) is 12.1. The molecule has 0 spiro atoms. The van der Waals surface area contributed by atoms with Crippen LogP contribution >= 0.6 is 23.4 Å². The first-order valence-electron chi connectivity index (χ1n) is 6.81. The summed E-state index contributed by atoms with van der Waals surface area (Å²) >= 11 is 7.71. The minimum Gasteiger partial charge on any atom is -0.338 e. The second-order valence-electron chi connectivity index (χ2n) is 5.01. The van der Waals surface area contributed by atoms with E-state index in [1.165, 1.54) is 38.5 Å². The summed E-state index contributed by atoms with van der Waals surface area (Å²) in [7, 11) is 0. The van der Waals surface area contributed by atoms with Crippen molar-refractivity contribution in [2.45, 2.75) is 56.2 Å². The molecule has 1 atom stereocenters. The standard InChI is InChI=1S/C13H22ClNOS/c14-8-9-15(11-5-1-2-6-11)13(16)12-7-3-4-10-17-12/h11-12H,1-10H2. The fourth-order valence-corrected chi connectivity index (χ4v) is 4.35. The summed E-state index contributed by atoms with van der Waals surface area (Å²) < 4.78 is 0. The molecule has 1 aliphatic carbocycles. The smallest absolute Gasteiger partial charge is 0.235 e. The molecule has 98 valence electrons. The average Bonchev–Trinajstić information content (AvgIpc) is 2.90. The van der Waals surface area contributed by atoms with Crippen LogP contribution in [0.4, 0.5) is 0 Å². The Bertz CT molecular complexity index is 250. The van der Waals surface area contributed by atoms with E-state index in [4.69, 9.17) is 11.6 Å². The van der Waals surface area contributed by atoms with E-state index in [2.05, 4.69) is 4.90 Å². The van der Waals surface area contributed by atoms with Crippen LogP contribution in [-0.4, -0.2) is 40.3 Å². The Labute approximate surface area is 113 Å². The Morgan fingerprint density at radius 3 is 2.47 bits per heavy atom. The van der Waals surface area contributed by atoms with Gasteiger partial charge in [0, 0.05) is 18.5 Å². The van der Waals surface area contributed by atoms with Crippen LogP contribution in [0.5, 0.6) is 0 Å². The number of thioether (sulfide) groups is 1. The molecule has 2 rings (SSSR count). The van der Waals surface area contributed by atoms with Gasteiger partial charge in [-0.25, -0.2) is 0 Å². The molecule has 1 saturated heterocycles. The molecule has 0 radical (unpaired) electrons. The van der Waals surface area contributed by atoms with Crippen LogP contribution in [0.1, 0.15) is 44.9 Å². The fraction of sp³-hybridized carbons (Fsp3) is 0.923. The van der Waals surface area contributed by atoms with Gasteiger partial charge < -0.3 is 4.90 Å². The molecule has 1 saturated carbocycles. The molecule has 0 aromatic rings. The summed E-state index contributed by atoms with van der Waals surface area (Å²) in [6.07, 6.45) is 8.45. The van der Waals surface area contributed by atoms with Crippen molar-refractivity contribution in [1.29, 1.82) is 0 Å². The van der Waals surface area contributed by atoms with Crippen LogP contribution in [0, 0.1) is 0 Å². The Hall–Kier alpha value is 0.110. The van der Waals surface area contributed by atoms with Gasteiger partial charge in [0.05, 0.1) is 5.25 Å². The Morgan fingerprint density at radius 1 is 1.18 bits per heavy atom. The summed E-state index contributed by atoms with van der Waals surface area (Å²) in [6, 6.07) is 0.476. The largest absolute Gasteiger partial charge is 0.338 e. The lowest BCUT2D eigenvalue weighted by Crippen LogP contribution is -2.45. The molecule has 0 aromatic heterocycles. The highest BCUT2D eigenvalue weighted by Gasteiger charge is 2.31. The first-order chi connectivity index (χ1) is 8.33. The van der Waals surface area contributed by atoms with Crippen molar-refractivity contribution >= 4 is 29.3 Å². The molecule has 1 unspecified atom stereocenters. The van der Waals surface area contributed by atoms with Crippen LogP contribution in [0.15, 0.2) is 0 Å². The Kier molecular flexibility index (Phi) is 5.49. The predicted molar refractivity (Wildman–Crippen MR) is 74.8 cm³/mol. The summed E-state index contributed by atoms with van der Waals surface area (Å²) in [4.78, 5) is 14.6. The lowest BCUT2D eigenvalue weighted by atomic mass is 10.1. The molecule has 2 fully saturated rings. The molecule has 1 amide bonds. The number of hydrogen-bond acceptors (Lipinski definition) is 2. The lowest BCUT2D eigenvalue weighted by molar-refractivity contribution is -0.132. The third kappa shape index (κ3) is 3.54. The van der Waals surface area contributed by atoms with Gasteiger partial charge >= 0.3 is 0 Å². The molecule has 1 heterocycles. The Morgan fingerprint density at radius 2 is 1.88 bits per heavy atom. The lowest BCUT2D eigenvalue weighted by Gasteiger charge is -2.33. The number of amides is 1. The van der Waals surface area contributed by atoms with E-state index in [1.807, 2.05) is 11.8 Å².